The predicted molar refractivity (Wildman–Crippen MR) is 141 cm³/mol. The van der Waals surface area contributed by atoms with Crippen LogP contribution in [0.3, 0.4) is 0 Å². The molecule has 3 heterocycles. The predicted octanol–water partition coefficient (Wildman–Crippen LogP) is 3.08. The summed E-state index contributed by atoms with van der Waals surface area (Å²) in [6.45, 7) is 5.92. The van der Waals surface area contributed by atoms with Crippen molar-refractivity contribution in [2.75, 3.05) is 33.3 Å². The molecule has 1 atom stereocenters. The quantitative estimate of drug-likeness (QED) is 0.611. The van der Waals surface area contributed by atoms with Crippen molar-refractivity contribution in [2.45, 2.75) is 45.3 Å². The molecule has 5 rings (SSSR count). The SMILES string of the molecule is Cc1ccc(OC2=NS(=O)(=O)N=C(NCCC3COc4c(CN5CCCCC5)cccc4O3)N2C)cc1. The molecule has 0 aromatic heterocycles. The number of nitrogens with one attached hydrogen (secondary N) is 1. The van der Waals surface area contributed by atoms with Gasteiger partial charge in [-0.1, -0.05) is 40.6 Å². The summed E-state index contributed by atoms with van der Waals surface area (Å²) in [7, 11) is -2.42. The van der Waals surface area contributed by atoms with Crippen LogP contribution in [0.5, 0.6) is 17.2 Å². The van der Waals surface area contributed by atoms with Crippen LogP contribution in [0.15, 0.2) is 51.3 Å². The van der Waals surface area contributed by atoms with Crippen molar-refractivity contribution in [3.05, 3.63) is 53.6 Å². The number of fused-ring (bicyclic) bond motifs is 1. The summed E-state index contributed by atoms with van der Waals surface area (Å²) in [4.78, 5) is 3.94. The molecule has 0 aliphatic carbocycles. The number of rotatable bonds is 6. The minimum Gasteiger partial charge on any atom is -0.485 e. The van der Waals surface area contributed by atoms with Gasteiger partial charge in [-0.05, 0) is 51.1 Å². The van der Waals surface area contributed by atoms with E-state index in [1.165, 1.54) is 24.2 Å². The number of amidine groups is 1. The average Bonchev–Trinajstić information content (AvgIpc) is 2.88. The van der Waals surface area contributed by atoms with Crippen molar-refractivity contribution in [2.24, 2.45) is 8.80 Å². The molecular formula is C26H33N5O5S. The lowest BCUT2D eigenvalue weighted by Gasteiger charge is -2.31. The minimum absolute atomic E-state index is 0.0752. The summed E-state index contributed by atoms with van der Waals surface area (Å²) < 4.78 is 50.0. The fourth-order valence-corrected chi connectivity index (χ4v) is 5.37. The average molecular weight is 528 g/mol. The number of aryl methyl sites for hydroxylation is 1. The maximum absolute atomic E-state index is 12.3. The van der Waals surface area contributed by atoms with Crippen molar-refractivity contribution in [1.29, 1.82) is 0 Å². The van der Waals surface area contributed by atoms with Gasteiger partial charge in [0.05, 0.1) is 0 Å². The zero-order valence-corrected chi connectivity index (χ0v) is 22.0. The molecule has 0 spiro atoms. The second-order valence-electron chi connectivity index (χ2n) is 9.56. The molecule has 2 aromatic rings. The zero-order valence-electron chi connectivity index (χ0n) is 21.2. The zero-order chi connectivity index (χ0) is 25.8. The van der Waals surface area contributed by atoms with Crippen LogP contribution in [0.1, 0.15) is 36.8 Å². The fraction of sp³-hybridized carbons (Fsp3) is 0.462. The number of benzene rings is 2. The van der Waals surface area contributed by atoms with Gasteiger partial charge in [-0.15, -0.1) is 4.40 Å². The summed E-state index contributed by atoms with van der Waals surface area (Å²) >= 11 is 0. The molecule has 1 saturated heterocycles. The molecule has 10 nitrogen and oxygen atoms in total. The molecule has 0 bridgehead atoms. The molecule has 3 aliphatic rings. The summed E-state index contributed by atoms with van der Waals surface area (Å²) in [5.74, 6) is 2.20. The van der Waals surface area contributed by atoms with Gasteiger partial charge >= 0.3 is 16.2 Å². The monoisotopic (exact) mass is 527 g/mol. The number of nitrogens with zero attached hydrogens (tertiary/aromatic N) is 4. The van der Waals surface area contributed by atoms with E-state index in [1.54, 1.807) is 19.2 Å². The molecule has 1 fully saturated rings. The second-order valence-corrected chi connectivity index (χ2v) is 10.8. The van der Waals surface area contributed by atoms with Crippen LogP contribution in [0.25, 0.3) is 0 Å². The molecule has 0 amide bonds. The topological polar surface area (TPSA) is 105 Å². The Hall–Kier alpha value is -3.31. The van der Waals surface area contributed by atoms with Gasteiger partial charge in [0.2, 0.25) is 5.96 Å². The van der Waals surface area contributed by atoms with Gasteiger partial charge < -0.3 is 19.5 Å². The van der Waals surface area contributed by atoms with Crippen LogP contribution in [0.4, 0.5) is 0 Å². The maximum atomic E-state index is 12.3. The van der Waals surface area contributed by atoms with Crippen LogP contribution in [-0.4, -0.2) is 69.6 Å². The molecule has 1 unspecified atom stereocenters. The lowest BCUT2D eigenvalue weighted by molar-refractivity contribution is 0.0833. The van der Waals surface area contributed by atoms with Gasteiger partial charge in [-0.3, -0.25) is 9.80 Å². The van der Waals surface area contributed by atoms with Crippen LogP contribution < -0.4 is 19.5 Å². The number of hydrogen-bond acceptors (Lipinski definition) is 8. The van der Waals surface area contributed by atoms with Gasteiger partial charge in [-0.25, -0.2) is 0 Å². The third-order valence-corrected chi connectivity index (χ3v) is 7.38. The first-order chi connectivity index (χ1) is 17.9. The van der Waals surface area contributed by atoms with Crippen molar-refractivity contribution >= 4 is 22.2 Å². The number of hydrogen-bond donors (Lipinski definition) is 1. The highest BCUT2D eigenvalue weighted by atomic mass is 32.2. The number of piperidine rings is 1. The van der Waals surface area contributed by atoms with Gasteiger partial charge in [0.1, 0.15) is 18.5 Å². The first-order valence-electron chi connectivity index (χ1n) is 12.7. The van der Waals surface area contributed by atoms with Crippen LogP contribution >= 0.6 is 0 Å². The standard InChI is InChI=1S/C26H33N5O5S/c1-19-9-11-21(12-10-19)36-26-29-37(32,33)28-25(30(26)2)27-14-13-22-18-34-24-20(7-6-8-23(24)35-22)17-31-15-4-3-5-16-31/h6-12,22H,3-5,13-18H2,1-2H3,(H,27,28). The highest BCUT2D eigenvalue weighted by Crippen LogP contribution is 2.36. The molecule has 198 valence electrons. The molecule has 0 radical (unpaired) electrons. The largest absolute Gasteiger partial charge is 0.485 e. The van der Waals surface area contributed by atoms with E-state index in [-0.39, 0.29) is 18.1 Å². The Morgan fingerprint density at radius 1 is 1.08 bits per heavy atom. The Morgan fingerprint density at radius 2 is 1.86 bits per heavy atom. The number of guanidine groups is 1. The Kier molecular flexibility index (Phi) is 7.52. The summed E-state index contributed by atoms with van der Waals surface area (Å²) in [5.41, 5.74) is 2.22. The third kappa shape index (κ3) is 6.34. The van der Waals surface area contributed by atoms with Gasteiger partial charge in [0.25, 0.3) is 0 Å². The summed E-state index contributed by atoms with van der Waals surface area (Å²) in [6, 6.07) is 13.2. The summed E-state index contributed by atoms with van der Waals surface area (Å²) in [5, 5.41) is 3.08. The maximum Gasteiger partial charge on any atom is 0.370 e. The molecule has 11 heteroatoms. The first kappa shape index (κ1) is 25.3. The minimum atomic E-state index is -4.07. The Morgan fingerprint density at radius 3 is 2.65 bits per heavy atom. The molecule has 1 N–H and O–H groups in total. The van der Waals surface area contributed by atoms with E-state index in [1.807, 2.05) is 31.2 Å². The third-order valence-electron chi connectivity index (χ3n) is 6.59. The molecule has 0 saturated carbocycles. The Bertz CT molecular complexity index is 1270. The van der Waals surface area contributed by atoms with E-state index in [0.29, 0.717) is 25.3 Å². The lowest BCUT2D eigenvalue weighted by atomic mass is 10.1. The van der Waals surface area contributed by atoms with E-state index in [9.17, 15) is 8.42 Å². The molecule has 3 aliphatic heterocycles. The first-order valence-corrected chi connectivity index (χ1v) is 14.1. The van der Waals surface area contributed by atoms with E-state index >= 15 is 0 Å². The Balaban J connectivity index is 1.16. The van der Waals surface area contributed by atoms with Crippen molar-refractivity contribution < 1.29 is 22.6 Å². The normalized spacial score (nSPS) is 21.1. The highest BCUT2D eigenvalue weighted by molar-refractivity contribution is 7.89. The van der Waals surface area contributed by atoms with Crippen LogP contribution in [-0.2, 0) is 16.8 Å². The van der Waals surface area contributed by atoms with E-state index < -0.39 is 10.2 Å². The van der Waals surface area contributed by atoms with Crippen molar-refractivity contribution in [3.8, 4) is 17.2 Å². The summed E-state index contributed by atoms with van der Waals surface area (Å²) in [6.07, 6.45) is 4.21. The van der Waals surface area contributed by atoms with Crippen molar-refractivity contribution in [3.63, 3.8) is 0 Å². The lowest BCUT2D eigenvalue weighted by Crippen LogP contribution is -2.48. The Labute approximate surface area is 218 Å². The number of likely N-dealkylation sites (tertiary alicyclic amines) is 1. The number of ether oxygens (including phenoxy) is 3. The molecule has 2 aromatic carbocycles. The molecule has 37 heavy (non-hydrogen) atoms. The van der Waals surface area contributed by atoms with Crippen LogP contribution in [0, 0.1) is 6.92 Å². The smallest absolute Gasteiger partial charge is 0.370 e. The highest BCUT2D eigenvalue weighted by Gasteiger charge is 2.28. The van der Waals surface area contributed by atoms with Gasteiger partial charge in [0.15, 0.2) is 11.5 Å². The van der Waals surface area contributed by atoms with Gasteiger partial charge in [0, 0.05) is 32.1 Å². The fourth-order valence-electron chi connectivity index (χ4n) is 4.57. The second kappa shape index (κ2) is 11.0. The van der Waals surface area contributed by atoms with E-state index in [4.69, 9.17) is 14.2 Å². The van der Waals surface area contributed by atoms with E-state index in [2.05, 4.69) is 25.1 Å². The molecular weight excluding hydrogens is 494 g/mol. The van der Waals surface area contributed by atoms with Crippen LogP contribution in [0.2, 0.25) is 0 Å². The van der Waals surface area contributed by atoms with E-state index in [0.717, 1.165) is 42.3 Å². The van der Waals surface area contributed by atoms with Crippen molar-refractivity contribution in [1.82, 2.24) is 15.1 Å². The van der Waals surface area contributed by atoms with Gasteiger partial charge in [-0.2, -0.15) is 8.42 Å². The number of para-hydroxylation sites is 1.